The van der Waals surface area contributed by atoms with E-state index in [1.54, 1.807) is 54.8 Å². The third kappa shape index (κ3) is 8.51. The highest BCUT2D eigenvalue weighted by Crippen LogP contribution is 2.54. The highest BCUT2D eigenvalue weighted by atomic mass is 15.0. The molecule has 0 aliphatic carbocycles. The van der Waals surface area contributed by atoms with Gasteiger partial charge in [0.1, 0.15) is 0 Å². The van der Waals surface area contributed by atoms with E-state index in [-0.39, 0.29) is 43.3 Å². The summed E-state index contributed by atoms with van der Waals surface area (Å²) >= 11 is 0. The molecule has 12 aliphatic rings. The van der Waals surface area contributed by atoms with Gasteiger partial charge in [0.25, 0.3) is 0 Å². The Morgan fingerprint density at radius 3 is 0.780 bits per heavy atom. The lowest BCUT2D eigenvalue weighted by molar-refractivity contribution is 0.618. The highest BCUT2D eigenvalue weighted by Gasteiger charge is 2.59. The van der Waals surface area contributed by atoms with Crippen molar-refractivity contribution in [3.63, 3.8) is 0 Å². The Morgan fingerprint density at radius 2 is 0.417 bits per heavy atom. The monoisotopic (exact) mass is 1690 g/mol. The lowest BCUT2D eigenvalue weighted by Crippen LogP contribution is -2.68. The Bertz CT molecular complexity index is 8810. The van der Waals surface area contributed by atoms with E-state index in [0.29, 0.717) is 26.9 Å². The van der Waals surface area contributed by atoms with Crippen molar-refractivity contribution in [1.29, 1.82) is 0 Å². The van der Waals surface area contributed by atoms with Crippen LogP contribution in [0.4, 0.5) is 0 Å². The van der Waals surface area contributed by atoms with Crippen molar-refractivity contribution in [3.8, 4) is 22.7 Å². The zero-order valence-electron chi connectivity index (χ0n) is 79.5. The number of aryl methyl sites for hydroxylation is 4. The third-order valence-electron chi connectivity index (χ3n) is 36.5. The molecule has 0 N–H and O–H groups in total. The van der Waals surface area contributed by atoms with Crippen LogP contribution in [0.25, 0.3) is 110 Å². The Hall–Kier alpha value is -13.0. The number of hydrogen-bond donors (Lipinski definition) is 0. The summed E-state index contributed by atoms with van der Waals surface area (Å²) in [5, 5.41) is 11.0. The van der Waals surface area contributed by atoms with Gasteiger partial charge in [-0.25, -0.2) is 0 Å². The topological polar surface area (TPSA) is 19.7 Å². The van der Waals surface area contributed by atoms with E-state index in [2.05, 4.69) is 424 Å². The van der Waals surface area contributed by atoms with Crippen LogP contribution in [-0.4, -0.2) is 45.1 Å². The summed E-state index contributed by atoms with van der Waals surface area (Å²) in [6.45, 7) is 49.5. The second-order valence-corrected chi connectivity index (χ2v) is 45.7. The molecular weight excluding hydrogens is 1590 g/mol. The maximum absolute atomic E-state index is 2.59. The van der Waals surface area contributed by atoms with Gasteiger partial charge in [-0.15, -0.1) is 0 Å². The van der Waals surface area contributed by atoms with E-state index in [9.17, 15) is 0 Å². The predicted molar refractivity (Wildman–Crippen MR) is 563 cm³/mol. The quantitative estimate of drug-likeness (QED) is 0.135. The minimum atomic E-state index is -0.0311. The smallest absolute Gasteiger partial charge is 0.248 e. The summed E-state index contributed by atoms with van der Waals surface area (Å²) in [4.78, 5) is 0. The summed E-state index contributed by atoms with van der Waals surface area (Å²) in [5.74, 6) is 0. The van der Waals surface area contributed by atoms with Crippen molar-refractivity contribution < 1.29 is 0 Å². The molecule has 0 radical (unpaired) electrons. The van der Waals surface area contributed by atoms with Gasteiger partial charge in [0.05, 0.1) is 22.1 Å². The highest BCUT2D eigenvalue weighted by molar-refractivity contribution is 7.02. The number of nitrogens with zero attached hydrogens (tertiary/aromatic N) is 4. The van der Waals surface area contributed by atoms with Crippen LogP contribution in [0, 0.1) is 27.7 Å². The first-order chi connectivity index (χ1) is 63.3. The number of rotatable bonds is 0. The molecule has 4 nitrogen and oxygen atoms in total. The second-order valence-electron chi connectivity index (χ2n) is 45.7. The average Bonchev–Trinajstić information content (AvgIpc) is 1.33. The van der Waals surface area contributed by atoms with Crippen LogP contribution in [0.15, 0.2) is 267 Å². The third-order valence-corrected chi connectivity index (χ3v) is 36.5. The largest absolute Gasteiger partial charge is 0.310 e. The molecule has 12 aliphatic heterocycles. The van der Waals surface area contributed by atoms with Gasteiger partial charge in [0.15, 0.2) is 0 Å². The minimum Gasteiger partial charge on any atom is -0.310 e. The van der Waals surface area contributed by atoms with Gasteiger partial charge in [0, 0.05) is 131 Å². The fourth-order valence-electron chi connectivity index (χ4n) is 31.3. The van der Waals surface area contributed by atoms with Gasteiger partial charge < -0.3 is 18.3 Å². The van der Waals surface area contributed by atoms with Crippen molar-refractivity contribution in [2.75, 3.05) is 0 Å². The molecule has 0 unspecified atom stereocenters. The van der Waals surface area contributed by atoms with Crippen LogP contribution in [0.5, 0.6) is 0 Å². The molecule has 0 spiro atoms. The summed E-state index contributed by atoms with van der Waals surface area (Å²) in [6, 6.07) is 103. The molecule has 632 valence electrons. The first-order valence-electron chi connectivity index (χ1n) is 48.7. The standard InChI is InChI=1S/4C31H26BN/c1-17-16-19-18-10-6-7-14-23(18)33-24-15-9-13-22-27(24)32-26-20(30(22,2)3)11-8-12-21(26)31(4,5)25(17)28(32)29(19)33;1-17-13-15-21-27-25(17)31(4,5)20-10-8-12-24-26(20)32(27)28-22(30(21,2)3)16-14-19-18-9-6-7-11-23(18)33(24)29(19)28;1-17-13-15-21-27-25(17)31(4,5)22-16-14-19-18-9-6-7-11-23(18)33-24-12-8-10-20(30(21,2)3)26(24)32(27)28(22)29(19)33;1-17-15-22-26-23(16-17)31(4,5)21-14-13-19-18-9-6-7-11-24(18)33-25-12-8-10-20(30(22,2)3)27(25)32(26)28(21)29(19)33/h4*6-16H,1-5H3. The first kappa shape index (κ1) is 76.7. The summed E-state index contributed by atoms with van der Waals surface area (Å²) in [6.07, 6.45) is 0. The predicted octanol–water partition coefficient (Wildman–Crippen LogP) is 20.8. The molecule has 0 bridgehead atoms. The van der Waals surface area contributed by atoms with Crippen molar-refractivity contribution in [1.82, 2.24) is 18.3 Å². The Labute approximate surface area is 775 Å². The van der Waals surface area contributed by atoms with Crippen LogP contribution >= 0.6 is 0 Å². The Morgan fingerprint density at radius 1 is 0.174 bits per heavy atom. The number of para-hydroxylation sites is 4. The lowest BCUT2D eigenvalue weighted by atomic mass is 9.26. The van der Waals surface area contributed by atoms with Crippen LogP contribution < -0.4 is 65.6 Å². The molecule has 0 saturated heterocycles. The number of fused-ring (bicyclic) bond motifs is 16. The van der Waals surface area contributed by atoms with E-state index in [0.717, 1.165) is 0 Å². The van der Waals surface area contributed by atoms with Crippen LogP contribution in [0.1, 0.15) is 222 Å². The fraction of sp³-hybridized carbons (Fsp3) is 0.226. The van der Waals surface area contributed by atoms with Gasteiger partial charge in [-0.1, -0.05) is 351 Å². The van der Waals surface area contributed by atoms with Crippen LogP contribution in [-0.2, 0) is 43.3 Å². The molecule has 0 amide bonds. The lowest BCUT2D eigenvalue weighted by Gasteiger charge is -2.49. The molecule has 32 rings (SSSR count). The zero-order valence-corrected chi connectivity index (χ0v) is 79.5. The molecule has 16 heterocycles. The van der Waals surface area contributed by atoms with Crippen molar-refractivity contribution in [2.45, 2.75) is 182 Å². The molecule has 20 aromatic rings. The molecule has 0 atom stereocenters. The van der Waals surface area contributed by atoms with Crippen molar-refractivity contribution in [3.05, 3.63) is 378 Å². The molecule has 8 heteroatoms. The summed E-state index contributed by atoms with van der Waals surface area (Å²) < 4.78 is 10.3. The van der Waals surface area contributed by atoms with Gasteiger partial charge in [-0.05, 0) is 232 Å². The fourth-order valence-corrected chi connectivity index (χ4v) is 31.3. The number of aromatic nitrogens is 4. The second kappa shape index (κ2) is 24.1. The summed E-state index contributed by atoms with van der Waals surface area (Å²) in [5.41, 5.74) is 64.7. The zero-order chi connectivity index (χ0) is 89.8. The maximum Gasteiger partial charge on any atom is 0.248 e. The van der Waals surface area contributed by atoms with Gasteiger partial charge >= 0.3 is 0 Å². The molecule has 132 heavy (non-hydrogen) atoms. The van der Waals surface area contributed by atoms with Crippen molar-refractivity contribution in [2.24, 2.45) is 0 Å². The van der Waals surface area contributed by atoms with Crippen LogP contribution in [0.3, 0.4) is 0 Å². The SMILES string of the molecule is Cc1cc2c3c(c1)C(C)(C)c1ccc4c5ccccc5n5c4c1B3c1c-5cccc1C2(C)C.Cc1cc2c3ccccc3n3c2c2c1C(C)(C)c1cccc4c1B2c1c-3cccc1C4(C)C.Cc1ccc2c3c1C(C)(C)c1ccc4c5ccccc5n5c4c1B3c1c-5cccc1C2(C)C.Cc1ccc2c3c1C(C)(C)c1cccc4c1B3c1c(ccc3c5ccccc5n-4c13)C2(C)C. The van der Waals surface area contributed by atoms with Gasteiger partial charge in [-0.2, -0.15) is 0 Å². The van der Waals surface area contributed by atoms with E-state index in [4.69, 9.17) is 0 Å². The van der Waals surface area contributed by atoms with Crippen LogP contribution in [0.2, 0.25) is 0 Å². The van der Waals surface area contributed by atoms with Crippen molar-refractivity contribution >= 4 is 180 Å². The molecule has 4 aromatic heterocycles. The Kier molecular flexibility index (Phi) is 14.0. The number of hydrogen-bond acceptors (Lipinski definition) is 0. The Balaban J connectivity index is 0.0000000862. The first-order valence-corrected chi connectivity index (χ1v) is 48.7. The summed E-state index contributed by atoms with van der Waals surface area (Å²) in [7, 11) is 0. The van der Waals surface area contributed by atoms with E-state index in [1.165, 1.54) is 232 Å². The number of benzene rings is 16. The molecule has 0 fully saturated rings. The van der Waals surface area contributed by atoms with Gasteiger partial charge in [0.2, 0.25) is 26.9 Å². The minimum absolute atomic E-state index is 0.0236. The molecule has 0 saturated carbocycles. The van der Waals surface area contributed by atoms with E-state index >= 15 is 0 Å². The molecular formula is C124H104B4N4. The maximum atomic E-state index is 2.59. The normalized spacial score (nSPS) is 17.7. The van der Waals surface area contributed by atoms with E-state index in [1.807, 2.05) is 0 Å². The van der Waals surface area contributed by atoms with Gasteiger partial charge in [-0.3, -0.25) is 0 Å². The van der Waals surface area contributed by atoms with E-state index < -0.39 is 0 Å². The average molecular weight is 1690 g/mol. The molecule has 16 aromatic carbocycles.